The lowest BCUT2D eigenvalue weighted by atomic mass is 10.0. The summed E-state index contributed by atoms with van der Waals surface area (Å²) in [7, 11) is 0. The molecular formula is C22H14ClI3N2O4. The maximum absolute atomic E-state index is 12.9. The molecule has 0 radical (unpaired) electrons. The van der Waals surface area contributed by atoms with Crippen molar-refractivity contribution in [1.82, 2.24) is 0 Å². The summed E-state index contributed by atoms with van der Waals surface area (Å²) in [4.78, 5) is 37.9. The highest BCUT2D eigenvalue weighted by molar-refractivity contribution is 14.1. The van der Waals surface area contributed by atoms with Crippen LogP contribution in [0.3, 0.4) is 0 Å². The van der Waals surface area contributed by atoms with Gasteiger partial charge in [-0.25, -0.2) is 4.79 Å². The molecular weight excluding hydrogens is 772 g/mol. The summed E-state index contributed by atoms with van der Waals surface area (Å²) >= 11 is 12.2. The first-order chi connectivity index (χ1) is 15.2. The van der Waals surface area contributed by atoms with E-state index in [1.807, 2.05) is 45.2 Å². The van der Waals surface area contributed by atoms with E-state index >= 15 is 0 Å². The van der Waals surface area contributed by atoms with E-state index in [4.69, 9.17) is 22.1 Å². The molecule has 0 bridgehead atoms. The van der Waals surface area contributed by atoms with Crippen LogP contribution in [0.1, 0.15) is 26.3 Å². The van der Waals surface area contributed by atoms with Crippen LogP contribution >= 0.6 is 79.4 Å². The fourth-order valence-electron chi connectivity index (χ4n) is 2.74. The van der Waals surface area contributed by atoms with E-state index < -0.39 is 18.5 Å². The van der Waals surface area contributed by atoms with Gasteiger partial charge in [0.05, 0.1) is 20.5 Å². The molecule has 0 atom stereocenters. The Morgan fingerprint density at radius 3 is 2.34 bits per heavy atom. The Kier molecular flexibility index (Phi) is 8.75. The number of esters is 1. The predicted molar refractivity (Wildman–Crippen MR) is 149 cm³/mol. The number of nitrogens with two attached hydrogens (primary N) is 1. The van der Waals surface area contributed by atoms with Gasteiger partial charge in [-0.2, -0.15) is 0 Å². The summed E-state index contributed by atoms with van der Waals surface area (Å²) in [6.07, 6.45) is 0. The molecule has 0 spiro atoms. The maximum Gasteiger partial charge on any atom is 0.340 e. The van der Waals surface area contributed by atoms with Crippen molar-refractivity contribution in [3.8, 4) is 0 Å². The van der Waals surface area contributed by atoms with Crippen LogP contribution in [0.4, 0.5) is 11.4 Å². The second-order valence-electron chi connectivity index (χ2n) is 6.45. The van der Waals surface area contributed by atoms with Crippen LogP contribution in [0.5, 0.6) is 0 Å². The molecule has 3 rings (SSSR count). The average molecular weight is 787 g/mol. The Hall–Kier alpha value is -1.45. The van der Waals surface area contributed by atoms with Crippen molar-refractivity contribution in [2.45, 2.75) is 0 Å². The Balaban J connectivity index is 1.74. The van der Waals surface area contributed by atoms with Crippen molar-refractivity contribution in [1.29, 1.82) is 0 Å². The van der Waals surface area contributed by atoms with Crippen LogP contribution in [0.25, 0.3) is 0 Å². The number of halogens is 4. The normalized spacial score (nSPS) is 10.5. The van der Waals surface area contributed by atoms with Crippen molar-refractivity contribution in [3.05, 3.63) is 87.0 Å². The fraction of sp³-hybridized carbons (Fsp3) is 0.0455. The summed E-state index contributed by atoms with van der Waals surface area (Å²) < 4.78 is 7.26. The molecule has 0 aromatic heterocycles. The van der Waals surface area contributed by atoms with Gasteiger partial charge in [0.1, 0.15) is 0 Å². The van der Waals surface area contributed by atoms with E-state index in [-0.39, 0.29) is 17.0 Å². The first-order valence-corrected chi connectivity index (χ1v) is 12.6. The zero-order valence-electron chi connectivity index (χ0n) is 16.1. The lowest BCUT2D eigenvalue weighted by molar-refractivity contribution is -0.119. The molecule has 0 saturated heterocycles. The second-order valence-corrected chi connectivity index (χ2v) is 10.3. The monoisotopic (exact) mass is 786 g/mol. The number of amides is 1. The molecule has 10 heteroatoms. The summed E-state index contributed by atoms with van der Waals surface area (Å²) in [5.41, 5.74) is 7.75. The van der Waals surface area contributed by atoms with Crippen LogP contribution < -0.4 is 11.1 Å². The average Bonchev–Trinajstić information content (AvgIpc) is 2.77. The Bertz CT molecular complexity index is 1220. The minimum atomic E-state index is -0.659. The first kappa shape index (κ1) is 25.2. The van der Waals surface area contributed by atoms with Crippen LogP contribution in [0.15, 0.2) is 54.6 Å². The summed E-state index contributed by atoms with van der Waals surface area (Å²) in [5, 5.41) is 2.98. The Morgan fingerprint density at radius 2 is 1.66 bits per heavy atom. The van der Waals surface area contributed by atoms with Gasteiger partial charge in [-0.1, -0.05) is 41.9 Å². The largest absolute Gasteiger partial charge is 0.452 e. The molecule has 6 nitrogen and oxygen atoms in total. The van der Waals surface area contributed by atoms with Crippen molar-refractivity contribution < 1.29 is 19.1 Å². The molecule has 0 aliphatic rings. The topological polar surface area (TPSA) is 98.5 Å². The third-order valence-electron chi connectivity index (χ3n) is 4.28. The molecule has 0 heterocycles. The first-order valence-electron chi connectivity index (χ1n) is 8.98. The number of benzene rings is 3. The van der Waals surface area contributed by atoms with E-state index in [1.165, 1.54) is 12.1 Å². The third kappa shape index (κ3) is 5.91. The van der Waals surface area contributed by atoms with Gasteiger partial charge < -0.3 is 15.8 Å². The van der Waals surface area contributed by atoms with Crippen LogP contribution in [-0.4, -0.2) is 24.3 Å². The van der Waals surface area contributed by atoms with Crippen molar-refractivity contribution >= 4 is 108 Å². The van der Waals surface area contributed by atoms with Gasteiger partial charge in [-0.05, 0) is 92.0 Å². The predicted octanol–water partition coefficient (Wildman–Crippen LogP) is 5.76. The maximum atomic E-state index is 12.9. The molecule has 3 N–H and O–H groups in total. The van der Waals surface area contributed by atoms with Gasteiger partial charge in [-0.3, -0.25) is 9.59 Å². The molecule has 32 heavy (non-hydrogen) atoms. The van der Waals surface area contributed by atoms with Crippen LogP contribution in [0.2, 0.25) is 5.02 Å². The molecule has 164 valence electrons. The Labute approximate surface area is 230 Å². The second kappa shape index (κ2) is 11.1. The summed E-state index contributed by atoms with van der Waals surface area (Å²) in [5.74, 6) is -1.54. The third-order valence-corrected chi connectivity index (χ3v) is 7.38. The number of hydrogen-bond donors (Lipinski definition) is 2. The molecule has 0 fully saturated rings. The molecule has 1 amide bonds. The number of rotatable bonds is 6. The fourth-order valence-corrected chi connectivity index (χ4v) is 6.72. The van der Waals surface area contributed by atoms with Gasteiger partial charge in [0, 0.05) is 23.3 Å². The number of nitrogens with one attached hydrogen (secondary N) is 1. The van der Waals surface area contributed by atoms with E-state index in [0.717, 1.165) is 3.57 Å². The SMILES string of the molecule is Nc1c(I)cc(I)c(C(=O)OCC(=O)Nc2ccc(Cl)cc2C(=O)c2ccccc2)c1I. The van der Waals surface area contributed by atoms with Gasteiger partial charge >= 0.3 is 5.97 Å². The number of carbonyl (C=O) groups excluding carboxylic acids is 3. The highest BCUT2D eigenvalue weighted by Crippen LogP contribution is 2.30. The van der Waals surface area contributed by atoms with Crippen molar-refractivity contribution in [2.24, 2.45) is 0 Å². The number of hydrogen-bond acceptors (Lipinski definition) is 5. The minimum Gasteiger partial charge on any atom is -0.452 e. The Morgan fingerprint density at radius 1 is 0.969 bits per heavy atom. The van der Waals surface area contributed by atoms with E-state index in [2.05, 4.69) is 27.9 Å². The minimum absolute atomic E-state index is 0.234. The van der Waals surface area contributed by atoms with Crippen molar-refractivity contribution in [3.63, 3.8) is 0 Å². The molecule has 0 unspecified atom stereocenters. The number of ether oxygens (including phenoxy) is 1. The highest BCUT2D eigenvalue weighted by Gasteiger charge is 2.21. The van der Waals surface area contributed by atoms with Gasteiger partial charge in [-0.15, -0.1) is 0 Å². The van der Waals surface area contributed by atoms with Crippen LogP contribution in [0, 0.1) is 10.7 Å². The zero-order chi connectivity index (χ0) is 23.4. The number of anilines is 2. The highest BCUT2D eigenvalue weighted by atomic mass is 127. The van der Waals surface area contributed by atoms with Gasteiger partial charge in [0.2, 0.25) is 0 Å². The summed E-state index contributed by atoms with van der Waals surface area (Å²) in [6, 6.07) is 15.0. The van der Waals surface area contributed by atoms with E-state index in [9.17, 15) is 14.4 Å². The number of ketones is 1. The smallest absolute Gasteiger partial charge is 0.340 e. The lowest BCUT2D eigenvalue weighted by Crippen LogP contribution is -2.23. The lowest BCUT2D eigenvalue weighted by Gasteiger charge is -2.13. The molecule has 0 saturated carbocycles. The quantitative estimate of drug-likeness (QED) is 0.143. The molecule has 3 aromatic rings. The molecule has 0 aliphatic carbocycles. The van der Waals surface area contributed by atoms with Gasteiger partial charge in [0.15, 0.2) is 12.4 Å². The van der Waals surface area contributed by atoms with E-state index in [1.54, 1.807) is 42.5 Å². The van der Waals surface area contributed by atoms with E-state index in [0.29, 0.717) is 29.0 Å². The zero-order valence-corrected chi connectivity index (χ0v) is 23.4. The van der Waals surface area contributed by atoms with Crippen molar-refractivity contribution in [2.75, 3.05) is 17.7 Å². The number of carbonyl (C=O) groups is 3. The molecule has 3 aromatic carbocycles. The number of nitrogen functional groups attached to an aromatic ring is 1. The molecule has 0 aliphatic heterocycles. The standard InChI is InChI=1S/C22H14ClI3N2O4/c23-12-6-7-16(13(8-12)21(30)11-4-2-1-3-5-11)28-17(29)10-32-22(31)18-14(24)9-15(25)20(27)19(18)26/h1-9H,10,27H2,(H,28,29). The van der Waals surface area contributed by atoms with Crippen LogP contribution in [-0.2, 0) is 9.53 Å². The summed E-state index contributed by atoms with van der Waals surface area (Å²) in [6.45, 7) is -0.529. The van der Waals surface area contributed by atoms with Gasteiger partial charge in [0.25, 0.3) is 5.91 Å².